The standard InChI is InChI=1S/C19H20N2/c1-3-11-20-19-12-14(2)21-18-10-9-16(13-17(18)19)15-7-5-4-6-8-15/h4-10,12-13H,3,11H2,1-2H3,(H,20,21). The molecule has 21 heavy (non-hydrogen) atoms. The maximum Gasteiger partial charge on any atom is 0.0726 e. The molecule has 0 saturated heterocycles. The first-order chi connectivity index (χ1) is 10.3. The molecule has 0 aliphatic carbocycles. The predicted molar refractivity (Wildman–Crippen MR) is 90.7 cm³/mol. The van der Waals surface area contributed by atoms with E-state index in [1.807, 2.05) is 13.0 Å². The summed E-state index contributed by atoms with van der Waals surface area (Å²) in [4.78, 5) is 4.64. The van der Waals surface area contributed by atoms with E-state index in [0.717, 1.165) is 24.2 Å². The van der Waals surface area contributed by atoms with Crippen LogP contribution in [0.4, 0.5) is 5.69 Å². The number of anilines is 1. The third kappa shape index (κ3) is 2.89. The zero-order valence-electron chi connectivity index (χ0n) is 12.6. The van der Waals surface area contributed by atoms with E-state index >= 15 is 0 Å². The fraction of sp³-hybridized carbons (Fsp3) is 0.211. The van der Waals surface area contributed by atoms with Crippen LogP contribution >= 0.6 is 0 Å². The van der Waals surface area contributed by atoms with Gasteiger partial charge in [0.25, 0.3) is 0 Å². The second-order valence-electron chi connectivity index (χ2n) is 5.34. The number of hydrogen-bond donors (Lipinski definition) is 1. The van der Waals surface area contributed by atoms with Crippen molar-refractivity contribution in [2.45, 2.75) is 20.3 Å². The minimum Gasteiger partial charge on any atom is -0.384 e. The summed E-state index contributed by atoms with van der Waals surface area (Å²) in [5.74, 6) is 0. The molecule has 1 N–H and O–H groups in total. The number of rotatable bonds is 4. The largest absolute Gasteiger partial charge is 0.384 e. The van der Waals surface area contributed by atoms with Gasteiger partial charge in [-0.1, -0.05) is 43.3 Å². The Morgan fingerprint density at radius 1 is 0.952 bits per heavy atom. The third-order valence-corrected chi connectivity index (χ3v) is 3.61. The molecule has 2 aromatic carbocycles. The van der Waals surface area contributed by atoms with Crippen molar-refractivity contribution in [2.24, 2.45) is 0 Å². The van der Waals surface area contributed by atoms with Gasteiger partial charge in [0, 0.05) is 23.3 Å². The van der Waals surface area contributed by atoms with Gasteiger partial charge in [-0.2, -0.15) is 0 Å². The maximum absolute atomic E-state index is 4.64. The SMILES string of the molecule is CCCNc1cc(C)nc2ccc(-c3ccccc3)cc12. The van der Waals surface area contributed by atoms with Crippen LogP contribution in [0.25, 0.3) is 22.0 Å². The van der Waals surface area contributed by atoms with E-state index < -0.39 is 0 Å². The molecule has 0 aliphatic heterocycles. The molecule has 0 spiro atoms. The lowest BCUT2D eigenvalue weighted by atomic mass is 10.0. The number of fused-ring (bicyclic) bond motifs is 1. The van der Waals surface area contributed by atoms with E-state index in [4.69, 9.17) is 0 Å². The number of nitrogens with zero attached hydrogens (tertiary/aromatic N) is 1. The van der Waals surface area contributed by atoms with Gasteiger partial charge in [0.05, 0.1) is 5.52 Å². The maximum atomic E-state index is 4.64. The molecule has 1 aromatic heterocycles. The van der Waals surface area contributed by atoms with Gasteiger partial charge in [0.2, 0.25) is 0 Å². The van der Waals surface area contributed by atoms with Gasteiger partial charge in [0.1, 0.15) is 0 Å². The van der Waals surface area contributed by atoms with Gasteiger partial charge < -0.3 is 5.32 Å². The summed E-state index contributed by atoms with van der Waals surface area (Å²) in [6, 6.07) is 19.1. The highest BCUT2D eigenvalue weighted by atomic mass is 14.9. The molecule has 106 valence electrons. The Kier molecular flexibility index (Phi) is 3.87. The molecule has 0 atom stereocenters. The number of pyridine rings is 1. The zero-order valence-corrected chi connectivity index (χ0v) is 12.6. The molecule has 0 saturated carbocycles. The molecular weight excluding hydrogens is 256 g/mol. The van der Waals surface area contributed by atoms with Gasteiger partial charge in [0.15, 0.2) is 0 Å². The molecule has 0 unspecified atom stereocenters. The van der Waals surface area contributed by atoms with Crippen LogP contribution < -0.4 is 5.32 Å². The summed E-state index contributed by atoms with van der Waals surface area (Å²) < 4.78 is 0. The van der Waals surface area contributed by atoms with Crippen LogP contribution in [0.5, 0.6) is 0 Å². The van der Waals surface area contributed by atoms with Crippen LogP contribution in [0.15, 0.2) is 54.6 Å². The number of benzene rings is 2. The highest BCUT2D eigenvalue weighted by molar-refractivity contribution is 5.94. The lowest BCUT2D eigenvalue weighted by Gasteiger charge is -2.11. The van der Waals surface area contributed by atoms with E-state index in [0.29, 0.717) is 0 Å². The van der Waals surface area contributed by atoms with Crippen LogP contribution in [0.3, 0.4) is 0 Å². The first-order valence-electron chi connectivity index (χ1n) is 7.48. The van der Waals surface area contributed by atoms with Crippen LogP contribution in [0, 0.1) is 6.92 Å². The Hall–Kier alpha value is -2.35. The zero-order chi connectivity index (χ0) is 14.7. The van der Waals surface area contributed by atoms with E-state index in [9.17, 15) is 0 Å². The van der Waals surface area contributed by atoms with Gasteiger partial charge >= 0.3 is 0 Å². The molecule has 0 amide bonds. The van der Waals surface area contributed by atoms with E-state index in [-0.39, 0.29) is 0 Å². The van der Waals surface area contributed by atoms with Crippen molar-refractivity contribution in [1.29, 1.82) is 0 Å². The van der Waals surface area contributed by atoms with Crippen molar-refractivity contribution in [1.82, 2.24) is 4.98 Å². The Balaban J connectivity index is 2.13. The minimum atomic E-state index is 0.980. The van der Waals surface area contributed by atoms with Gasteiger partial charge in [-0.05, 0) is 42.7 Å². The van der Waals surface area contributed by atoms with E-state index in [1.54, 1.807) is 0 Å². The Morgan fingerprint density at radius 3 is 2.52 bits per heavy atom. The predicted octanol–water partition coefficient (Wildman–Crippen LogP) is 5.03. The number of aromatic nitrogens is 1. The van der Waals surface area contributed by atoms with Crippen molar-refractivity contribution < 1.29 is 0 Å². The van der Waals surface area contributed by atoms with Crippen molar-refractivity contribution in [3.8, 4) is 11.1 Å². The van der Waals surface area contributed by atoms with E-state index in [1.165, 1.54) is 22.2 Å². The highest BCUT2D eigenvalue weighted by Crippen LogP contribution is 2.28. The summed E-state index contributed by atoms with van der Waals surface area (Å²) in [6.07, 6.45) is 1.11. The molecule has 0 radical (unpaired) electrons. The molecule has 1 heterocycles. The van der Waals surface area contributed by atoms with E-state index in [2.05, 4.69) is 65.8 Å². The lowest BCUT2D eigenvalue weighted by molar-refractivity contribution is 0.980. The van der Waals surface area contributed by atoms with Gasteiger partial charge in [-0.3, -0.25) is 4.98 Å². The second-order valence-corrected chi connectivity index (χ2v) is 5.34. The van der Waals surface area contributed by atoms with Crippen LogP contribution in [-0.4, -0.2) is 11.5 Å². The third-order valence-electron chi connectivity index (χ3n) is 3.61. The Morgan fingerprint density at radius 2 is 1.76 bits per heavy atom. The van der Waals surface area contributed by atoms with Crippen LogP contribution in [0.1, 0.15) is 19.0 Å². The van der Waals surface area contributed by atoms with Crippen LogP contribution in [-0.2, 0) is 0 Å². The molecule has 0 bridgehead atoms. The normalized spacial score (nSPS) is 10.8. The van der Waals surface area contributed by atoms with Crippen molar-refractivity contribution in [3.05, 3.63) is 60.3 Å². The lowest BCUT2D eigenvalue weighted by Crippen LogP contribution is -2.01. The van der Waals surface area contributed by atoms with Crippen LogP contribution in [0.2, 0.25) is 0 Å². The summed E-state index contributed by atoms with van der Waals surface area (Å²) in [7, 11) is 0. The summed E-state index contributed by atoms with van der Waals surface area (Å²) in [5, 5.41) is 4.71. The molecule has 3 aromatic rings. The summed E-state index contributed by atoms with van der Waals surface area (Å²) >= 11 is 0. The number of nitrogens with one attached hydrogen (secondary N) is 1. The molecular formula is C19H20N2. The quantitative estimate of drug-likeness (QED) is 0.722. The Bertz CT molecular complexity index is 748. The number of aryl methyl sites for hydroxylation is 1. The summed E-state index contributed by atoms with van der Waals surface area (Å²) in [6.45, 7) is 5.20. The van der Waals surface area contributed by atoms with Crippen molar-refractivity contribution in [3.63, 3.8) is 0 Å². The summed E-state index contributed by atoms with van der Waals surface area (Å²) in [5.41, 5.74) is 5.74. The van der Waals surface area contributed by atoms with Gasteiger partial charge in [-0.15, -0.1) is 0 Å². The average Bonchev–Trinajstić information content (AvgIpc) is 2.53. The van der Waals surface area contributed by atoms with Crippen molar-refractivity contribution in [2.75, 3.05) is 11.9 Å². The average molecular weight is 276 g/mol. The van der Waals surface area contributed by atoms with Gasteiger partial charge in [-0.25, -0.2) is 0 Å². The smallest absolute Gasteiger partial charge is 0.0726 e. The molecule has 0 aliphatic rings. The number of hydrogen-bond acceptors (Lipinski definition) is 2. The van der Waals surface area contributed by atoms with Crippen molar-refractivity contribution >= 4 is 16.6 Å². The molecule has 0 fully saturated rings. The topological polar surface area (TPSA) is 24.9 Å². The first-order valence-corrected chi connectivity index (χ1v) is 7.48. The Labute approximate surface area is 125 Å². The minimum absolute atomic E-state index is 0.980. The molecule has 2 heteroatoms. The molecule has 2 nitrogen and oxygen atoms in total. The fourth-order valence-corrected chi connectivity index (χ4v) is 2.57. The highest BCUT2D eigenvalue weighted by Gasteiger charge is 2.06. The molecule has 3 rings (SSSR count). The second kappa shape index (κ2) is 5.96. The fourth-order valence-electron chi connectivity index (χ4n) is 2.57. The first kappa shape index (κ1) is 13.6. The monoisotopic (exact) mass is 276 g/mol.